The molecule has 1 fully saturated rings. The number of nitrogens with zero attached hydrogens (tertiary/aromatic N) is 3. The van der Waals surface area contributed by atoms with Gasteiger partial charge in [0.15, 0.2) is 0 Å². The topological polar surface area (TPSA) is 58.1 Å². The van der Waals surface area contributed by atoms with Crippen molar-refractivity contribution in [1.29, 1.82) is 0 Å². The number of benzene rings is 2. The predicted molar refractivity (Wildman–Crippen MR) is 112 cm³/mol. The molecule has 5 nitrogen and oxygen atoms in total. The van der Waals surface area contributed by atoms with Crippen molar-refractivity contribution in [2.45, 2.75) is 33.1 Å². The highest BCUT2D eigenvalue weighted by Crippen LogP contribution is 2.23. The van der Waals surface area contributed by atoms with Crippen LogP contribution >= 0.6 is 0 Å². The summed E-state index contributed by atoms with van der Waals surface area (Å²) in [5.41, 5.74) is 5.65. The van der Waals surface area contributed by atoms with Gasteiger partial charge in [-0.05, 0) is 62.8 Å². The second-order valence-electron chi connectivity index (χ2n) is 7.65. The minimum absolute atomic E-state index is 0.0331. The van der Waals surface area contributed by atoms with Crippen molar-refractivity contribution in [3.05, 3.63) is 65.5 Å². The highest BCUT2D eigenvalue weighted by atomic mass is 16.2. The fourth-order valence-electron chi connectivity index (χ4n) is 3.80. The lowest BCUT2D eigenvalue weighted by atomic mass is 9.90. The first-order chi connectivity index (χ1) is 13.6. The average Bonchev–Trinajstić information content (AvgIpc) is 2.70. The van der Waals surface area contributed by atoms with Gasteiger partial charge in [0.2, 0.25) is 0 Å². The van der Waals surface area contributed by atoms with Crippen LogP contribution < -0.4 is 5.32 Å². The van der Waals surface area contributed by atoms with E-state index in [1.165, 1.54) is 5.56 Å². The van der Waals surface area contributed by atoms with Crippen LogP contribution in [0.15, 0.2) is 48.5 Å². The van der Waals surface area contributed by atoms with Gasteiger partial charge in [0.25, 0.3) is 0 Å². The maximum absolute atomic E-state index is 12.7. The van der Waals surface area contributed by atoms with E-state index in [1.807, 2.05) is 36.9 Å². The predicted octanol–water partition coefficient (Wildman–Crippen LogP) is 4.73. The Labute approximate surface area is 165 Å². The Morgan fingerprint density at radius 2 is 1.68 bits per heavy atom. The molecule has 2 aromatic carbocycles. The first-order valence-electron chi connectivity index (χ1n) is 9.93. The van der Waals surface area contributed by atoms with Gasteiger partial charge >= 0.3 is 6.03 Å². The molecule has 0 bridgehead atoms. The van der Waals surface area contributed by atoms with E-state index >= 15 is 0 Å². The summed E-state index contributed by atoms with van der Waals surface area (Å²) in [6.45, 7) is 5.51. The third kappa shape index (κ3) is 4.14. The minimum Gasteiger partial charge on any atom is -0.325 e. The van der Waals surface area contributed by atoms with Gasteiger partial charge in [0.1, 0.15) is 0 Å². The smallest absolute Gasteiger partial charge is 0.321 e. The Hall–Kier alpha value is -2.95. The SMILES string of the molecule is Cc1nc2ccc(NC(=O)N3CCC(Cc4ccccc4)CC3)cc2nc1C. The maximum atomic E-state index is 12.7. The van der Waals surface area contributed by atoms with Crippen LogP contribution in [-0.2, 0) is 6.42 Å². The van der Waals surface area contributed by atoms with Crippen LogP contribution in [0.5, 0.6) is 0 Å². The highest BCUT2D eigenvalue weighted by Gasteiger charge is 2.23. The lowest BCUT2D eigenvalue weighted by Crippen LogP contribution is -2.41. The molecular weight excluding hydrogens is 348 g/mol. The van der Waals surface area contributed by atoms with Gasteiger partial charge in [-0.2, -0.15) is 0 Å². The second kappa shape index (κ2) is 7.97. The number of amides is 2. The zero-order valence-electron chi connectivity index (χ0n) is 16.5. The first kappa shape index (κ1) is 18.4. The van der Waals surface area contributed by atoms with Crippen molar-refractivity contribution in [3.63, 3.8) is 0 Å². The zero-order valence-corrected chi connectivity index (χ0v) is 16.5. The van der Waals surface area contributed by atoms with E-state index in [2.05, 4.69) is 45.6 Å². The van der Waals surface area contributed by atoms with Crippen LogP contribution in [0, 0.1) is 19.8 Å². The summed E-state index contributed by atoms with van der Waals surface area (Å²) in [6, 6.07) is 16.3. The van der Waals surface area contributed by atoms with E-state index in [0.717, 1.165) is 60.5 Å². The Balaban J connectivity index is 1.35. The number of hydrogen-bond acceptors (Lipinski definition) is 3. The number of likely N-dealkylation sites (tertiary alicyclic amines) is 1. The molecule has 1 aliphatic rings. The van der Waals surface area contributed by atoms with Crippen LogP contribution in [0.4, 0.5) is 10.5 Å². The van der Waals surface area contributed by atoms with Gasteiger partial charge in [-0.1, -0.05) is 30.3 Å². The number of hydrogen-bond donors (Lipinski definition) is 1. The maximum Gasteiger partial charge on any atom is 0.321 e. The van der Waals surface area contributed by atoms with Gasteiger partial charge in [-0.3, -0.25) is 0 Å². The van der Waals surface area contributed by atoms with E-state index in [0.29, 0.717) is 5.92 Å². The van der Waals surface area contributed by atoms with Crippen LogP contribution in [0.1, 0.15) is 29.8 Å². The normalized spacial score (nSPS) is 15.0. The number of carbonyl (C=O) groups is 1. The van der Waals surface area contributed by atoms with Gasteiger partial charge in [-0.25, -0.2) is 14.8 Å². The van der Waals surface area contributed by atoms with Crippen LogP contribution in [0.2, 0.25) is 0 Å². The van der Waals surface area contributed by atoms with Gasteiger partial charge in [0, 0.05) is 18.8 Å². The molecule has 1 N–H and O–H groups in total. The summed E-state index contributed by atoms with van der Waals surface area (Å²) in [5.74, 6) is 0.647. The third-order valence-corrected chi connectivity index (χ3v) is 5.60. The Bertz CT molecular complexity index is 979. The van der Waals surface area contributed by atoms with Crippen LogP contribution in [0.3, 0.4) is 0 Å². The fourth-order valence-corrected chi connectivity index (χ4v) is 3.80. The molecule has 0 radical (unpaired) electrons. The summed E-state index contributed by atoms with van der Waals surface area (Å²) in [6.07, 6.45) is 3.19. The van der Waals surface area contributed by atoms with E-state index < -0.39 is 0 Å². The molecule has 0 unspecified atom stereocenters. The molecule has 1 saturated heterocycles. The van der Waals surface area contributed by atoms with Gasteiger partial charge in [-0.15, -0.1) is 0 Å². The molecule has 28 heavy (non-hydrogen) atoms. The van der Waals surface area contributed by atoms with Crippen LogP contribution in [-0.4, -0.2) is 34.0 Å². The lowest BCUT2D eigenvalue weighted by Gasteiger charge is -2.32. The van der Waals surface area contributed by atoms with Crippen molar-refractivity contribution in [2.75, 3.05) is 18.4 Å². The average molecular weight is 374 g/mol. The molecular formula is C23H26N4O. The van der Waals surface area contributed by atoms with Crippen molar-refractivity contribution in [3.8, 4) is 0 Å². The Morgan fingerprint density at radius 1 is 1.00 bits per heavy atom. The van der Waals surface area contributed by atoms with Crippen molar-refractivity contribution in [2.24, 2.45) is 5.92 Å². The fraction of sp³-hybridized carbons (Fsp3) is 0.348. The highest BCUT2D eigenvalue weighted by molar-refractivity contribution is 5.91. The number of nitrogens with one attached hydrogen (secondary N) is 1. The summed E-state index contributed by atoms with van der Waals surface area (Å²) in [7, 11) is 0. The van der Waals surface area contributed by atoms with E-state index in [4.69, 9.17) is 0 Å². The molecule has 144 valence electrons. The van der Waals surface area contributed by atoms with E-state index in [9.17, 15) is 4.79 Å². The number of rotatable bonds is 3. The van der Waals surface area contributed by atoms with E-state index in [-0.39, 0.29) is 6.03 Å². The number of piperidine rings is 1. The summed E-state index contributed by atoms with van der Waals surface area (Å²) in [4.78, 5) is 23.7. The molecule has 5 heteroatoms. The zero-order chi connectivity index (χ0) is 19.5. The molecule has 0 saturated carbocycles. The lowest BCUT2D eigenvalue weighted by molar-refractivity contribution is 0.182. The number of aromatic nitrogens is 2. The molecule has 1 aromatic heterocycles. The number of aryl methyl sites for hydroxylation is 2. The molecule has 0 atom stereocenters. The van der Waals surface area contributed by atoms with Crippen molar-refractivity contribution in [1.82, 2.24) is 14.9 Å². The third-order valence-electron chi connectivity index (χ3n) is 5.60. The minimum atomic E-state index is -0.0331. The summed E-state index contributed by atoms with van der Waals surface area (Å²) >= 11 is 0. The standard InChI is InChI=1S/C23H26N4O/c1-16-17(2)25-22-15-20(8-9-21(22)24-16)26-23(28)27-12-10-19(11-13-27)14-18-6-4-3-5-7-18/h3-9,15,19H,10-14H2,1-2H3,(H,26,28). The molecule has 4 rings (SSSR count). The Kier molecular flexibility index (Phi) is 5.24. The number of carbonyl (C=O) groups excluding carboxylic acids is 1. The van der Waals surface area contributed by atoms with E-state index in [1.54, 1.807) is 0 Å². The van der Waals surface area contributed by atoms with Gasteiger partial charge in [0.05, 0.1) is 22.4 Å². The molecule has 0 aliphatic carbocycles. The van der Waals surface area contributed by atoms with Crippen LogP contribution in [0.25, 0.3) is 11.0 Å². The number of urea groups is 1. The van der Waals surface area contributed by atoms with Crippen molar-refractivity contribution < 1.29 is 4.79 Å². The Morgan fingerprint density at radius 3 is 2.39 bits per heavy atom. The number of anilines is 1. The second-order valence-corrected chi connectivity index (χ2v) is 7.65. The summed E-state index contributed by atoms with van der Waals surface area (Å²) in [5, 5.41) is 3.02. The summed E-state index contributed by atoms with van der Waals surface area (Å²) < 4.78 is 0. The first-order valence-corrected chi connectivity index (χ1v) is 9.93. The van der Waals surface area contributed by atoms with Crippen molar-refractivity contribution >= 4 is 22.8 Å². The molecule has 3 aromatic rings. The molecule has 2 heterocycles. The molecule has 2 amide bonds. The molecule has 1 aliphatic heterocycles. The largest absolute Gasteiger partial charge is 0.325 e. The quantitative estimate of drug-likeness (QED) is 0.721. The van der Waals surface area contributed by atoms with Gasteiger partial charge < -0.3 is 10.2 Å². The number of fused-ring (bicyclic) bond motifs is 1. The molecule has 0 spiro atoms. The monoisotopic (exact) mass is 374 g/mol.